The van der Waals surface area contributed by atoms with Gasteiger partial charge in [0.05, 0.1) is 6.04 Å². The third-order valence-electron chi connectivity index (χ3n) is 4.51. The molecule has 2 heterocycles. The van der Waals surface area contributed by atoms with Gasteiger partial charge in [-0.05, 0) is 43.7 Å². The van der Waals surface area contributed by atoms with Gasteiger partial charge in [0.15, 0.2) is 5.78 Å². The normalized spacial score (nSPS) is 15.5. The number of nitrogens with zero attached hydrogens (tertiary/aromatic N) is 1. The highest BCUT2D eigenvalue weighted by Crippen LogP contribution is 2.29. The standard InChI is InChI=1S/C17H20N2O2S/c1-10-15-12(6-4-7-13(15)20)18-16(10)17(21)19(3)11(2)14-8-5-9-22-14/h5,8-9,11,18H,4,6-7H2,1-3H3. The number of thiophene rings is 1. The van der Waals surface area contributed by atoms with Crippen LogP contribution in [-0.2, 0) is 6.42 Å². The molecular weight excluding hydrogens is 296 g/mol. The van der Waals surface area contributed by atoms with E-state index in [0.717, 1.165) is 34.5 Å². The molecule has 1 amide bonds. The molecule has 0 aromatic carbocycles. The second-order valence-corrected chi connectivity index (χ2v) is 6.84. The molecule has 0 aliphatic heterocycles. The Hall–Kier alpha value is -1.88. The van der Waals surface area contributed by atoms with Crippen LogP contribution in [0.1, 0.15) is 62.8 Å². The summed E-state index contributed by atoms with van der Waals surface area (Å²) in [5.74, 6) is 0.101. The zero-order valence-electron chi connectivity index (χ0n) is 13.1. The van der Waals surface area contributed by atoms with Crippen molar-refractivity contribution in [2.75, 3.05) is 7.05 Å². The number of aryl methyl sites for hydroxylation is 1. The van der Waals surface area contributed by atoms with Crippen LogP contribution in [-0.4, -0.2) is 28.6 Å². The highest BCUT2D eigenvalue weighted by molar-refractivity contribution is 7.10. The third kappa shape index (κ3) is 2.39. The van der Waals surface area contributed by atoms with Gasteiger partial charge < -0.3 is 9.88 Å². The predicted octanol–water partition coefficient (Wildman–Crippen LogP) is 3.74. The van der Waals surface area contributed by atoms with Gasteiger partial charge in [0.1, 0.15) is 5.69 Å². The van der Waals surface area contributed by atoms with E-state index in [1.165, 1.54) is 0 Å². The summed E-state index contributed by atoms with van der Waals surface area (Å²) < 4.78 is 0. The fourth-order valence-corrected chi connectivity index (χ4v) is 3.89. The maximum absolute atomic E-state index is 12.8. The second-order valence-electron chi connectivity index (χ2n) is 5.86. The number of nitrogens with one attached hydrogen (secondary N) is 1. The molecule has 1 aliphatic rings. The van der Waals surface area contributed by atoms with Gasteiger partial charge in [-0.25, -0.2) is 0 Å². The summed E-state index contributed by atoms with van der Waals surface area (Å²) in [4.78, 5) is 31.0. The molecule has 1 N–H and O–H groups in total. The molecule has 5 heteroatoms. The number of aromatic amines is 1. The minimum Gasteiger partial charge on any atom is -0.354 e. The SMILES string of the molecule is Cc1c(C(=O)N(C)C(C)c2cccs2)[nH]c2c1C(=O)CCC2. The Kier molecular flexibility index (Phi) is 3.91. The molecule has 0 fully saturated rings. The fraction of sp³-hybridized carbons (Fsp3) is 0.412. The molecule has 0 saturated carbocycles. The molecule has 116 valence electrons. The topological polar surface area (TPSA) is 53.2 Å². The minimum absolute atomic E-state index is 0.0166. The Morgan fingerprint density at radius 3 is 2.82 bits per heavy atom. The number of fused-ring (bicyclic) bond motifs is 1. The highest BCUT2D eigenvalue weighted by Gasteiger charge is 2.29. The largest absolute Gasteiger partial charge is 0.354 e. The zero-order valence-corrected chi connectivity index (χ0v) is 13.9. The molecule has 1 unspecified atom stereocenters. The average molecular weight is 316 g/mol. The van der Waals surface area contributed by atoms with E-state index in [-0.39, 0.29) is 17.7 Å². The van der Waals surface area contributed by atoms with Crippen LogP contribution in [0.25, 0.3) is 0 Å². The minimum atomic E-state index is -0.0550. The number of amides is 1. The van der Waals surface area contributed by atoms with Crippen molar-refractivity contribution < 1.29 is 9.59 Å². The second kappa shape index (κ2) is 5.72. The molecule has 2 aromatic rings. The number of rotatable bonds is 3. The molecule has 4 nitrogen and oxygen atoms in total. The molecule has 0 bridgehead atoms. The van der Waals surface area contributed by atoms with E-state index in [1.807, 2.05) is 38.4 Å². The third-order valence-corrected chi connectivity index (χ3v) is 5.55. The number of hydrogen-bond acceptors (Lipinski definition) is 3. The van der Waals surface area contributed by atoms with Crippen molar-refractivity contribution in [2.45, 2.75) is 39.2 Å². The first-order chi connectivity index (χ1) is 10.5. The first-order valence-corrected chi connectivity index (χ1v) is 8.44. The maximum atomic E-state index is 12.8. The maximum Gasteiger partial charge on any atom is 0.270 e. The lowest BCUT2D eigenvalue weighted by atomic mass is 9.93. The van der Waals surface area contributed by atoms with Crippen LogP contribution in [0.2, 0.25) is 0 Å². The van der Waals surface area contributed by atoms with Crippen LogP contribution in [0.3, 0.4) is 0 Å². The molecule has 0 spiro atoms. The lowest BCUT2D eigenvalue weighted by molar-refractivity contribution is 0.0738. The number of hydrogen-bond donors (Lipinski definition) is 1. The van der Waals surface area contributed by atoms with Crippen molar-refractivity contribution >= 4 is 23.0 Å². The Labute approximate surface area is 134 Å². The summed E-state index contributed by atoms with van der Waals surface area (Å²) in [5, 5.41) is 2.02. The molecule has 1 atom stereocenters. The predicted molar refractivity (Wildman–Crippen MR) is 87.6 cm³/mol. The van der Waals surface area contributed by atoms with E-state index < -0.39 is 0 Å². The van der Waals surface area contributed by atoms with Crippen molar-refractivity contribution in [1.82, 2.24) is 9.88 Å². The summed E-state index contributed by atoms with van der Waals surface area (Å²) in [5.41, 5.74) is 3.03. The van der Waals surface area contributed by atoms with Gasteiger partial charge >= 0.3 is 0 Å². The van der Waals surface area contributed by atoms with Gasteiger partial charge in [0, 0.05) is 29.6 Å². The van der Waals surface area contributed by atoms with Gasteiger partial charge in [-0.15, -0.1) is 11.3 Å². The van der Waals surface area contributed by atoms with Crippen LogP contribution >= 0.6 is 11.3 Å². The number of carbonyl (C=O) groups is 2. The van der Waals surface area contributed by atoms with E-state index in [9.17, 15) is 9.59 Å². The van der Waals surface area contributed by atoms with Crippen molar-refractivity contribution in [2.24, 2.45) is 0 Å². The van der Waals surface area contributed by atoms with Crippen LogP contribution in [0.15, 0.2) is 17.5 Å². The van der Waals surface area contributed by atoms with E-state index in [2.05, 4.69) is 4.98 Å². The smallest absolute Gasteiger partial charge is 0.270 e. The molecular formula is C17H20N2O2S. The molecule has 22 heavy (non-hydrogen) atoms. The summed E-state index contributed by atoms with van der Waals surface area (Å²) in [7, 11) is 1.81. The van der Waals surface area contributed by atoms with Crippen molar-refractivity contribution in [3.8, 4) is 0 Å². The summed E-state index contributed by atoms with van der Waals surface area (Å²) in [6, 6.07) is 4.05. The lowest BCUT2D eigenvalue weighted by Gasteiger charge is -2.24. The Balaban J connectivity index is 1.91. The van der Waals surface area contributed by atoms with Gasteiger partial charge in [-0.2, -0.15) is 0 Å². The Morgan fingerprint density at radius 2 is 2.18 bits per heavy atom. The number of carbonyl (C=O) groups excluding carboxylic acids is 2. The van der Waals surface area contributed by atoms with Crippen molar-refractivity contribution in [1.29, 1.82) is 0 Å². The molecule has 1 aliphatic carbocycles. The van der Waals surface area contributed by atoms with E-state index in [4.69, 9.17) is 0 Å². The van der Waals surface area contributed by atoms with Crippen molar-refractivity contribution in [3.63, 3.8) is 0 Å². The summed E-state index contributed by atoms with van der Waals surface area (Å²) in [6.07, 6.45) is 2.29. The number of ketones is 1. The molecule has 0 radical (unpaired) electrons. The van der Waals surface area contributed by atoms with Crippen LogP contribution in [0.5, 0.6) is 0 Å². The molecule has 2 aromatic heterocycles. The average Bonchev–Trinajstić information content (AvgIpc) is 3.14. The number of H-pyrrole nitrogens is 1. The van der Waals surface area contributed by atoms with E-state index in [0.29, 0.717) is 12.1 Å². The summed E-state index contributed by atoms with van der Waals surface area (Å²) >= 11 is 1.65. The first-order valence-electron chi connectivity index (χ1n) is 7.56. The quantitative estimate of drug-likeness (QED) is 0.938. The fourth-order valence-electron chi connectivity index (χ4n) is 3.06. The zero-order chi connectivity index (χ0) is 15.9. The van der Waals surface area contributed by atoms with Gasteiger partial charge in [-0.1, -0.05) is 6.07 Å². The lowest BCUT2D eigenvalue weighted by Crippen LogP contribution is -2.30. The summed E-state index contributed by atoms with van der Waals surface area (Å²) in [6.45, 7) is 3.89. The van der Waals surface area contributed by atoms with Gasteiger partial charge in [0.25, 0.3) is 5.91 Å². The van der Waals surface area contributed by atoms with Crippen LogP contribution in [0.4, 0.5) is 0 Å². The van der Waals surface area contributed by atoms with E-state index in [1.54, 1.807) is 16.2 Å². The number of Topliss-reactive ketones (excluding diaryl/α,β-unsaturated/α-hetero) is 1. The van der Waals surface area contributed by atoms with Crippen LogP contribution < -0.4 is 0 Å². The van der Waals surface area contributed by atoms with Crippen LogP contribution in [0, 0.1) is 6.92 Å². The highest BCUT2D eigenvalue weighted by atomic mass is 32.1. The Morgan fingerprint density at radius 1 is 1.41 bits per heavy atom. The van der Waals surface area contributed by atoms with E-state index >= 15 is 0 Å². The monoisotopic (exact) mass is 316 g/mol. The van der Waals surface area contributed by atoms with Gasteiger partial charge in [0.2, 0.25) is 0 Å². The first kappa shape index (κ1) is 15.0. The van der Waals surface area contributed by atoms with Crippen molar-refractivity contribution in [3.05, 3.63) is 44.9 Å². The van der Waals surface area contributed by atoms with Gasteiger partial charge in [-0.3, -0.25) is 9.59 Å². The number of aromatic nitrogens is 1. The molecule has 3 rings (SSSR count). The Bertz CT molecular complexity index is 715. The molecule has 0 saturated heterocycles.